The van der Waals surface area contributed by atoms with Crippen LogP contribution in [0.15, 0.2) is 30.3 Å². The molecule has 0 aromatic heterocycles. The van der Waals surface area contributed by atoms with Crippen molar-refractivity contribution in [1.29, 1.82) is 0 Å². The van der Waals surface area contributed by atoms with Crippen molar-refractivity contribution in [3.63, 3.8) is 0 Å². The van der Waals surface area contributed by atoms with Crippen LogP contribution in [0.4, 0.5) is 0 Å². The van der Waals surface area contributed by atoms with E-state index in [1.54, 1.807) is 0 Å². The van der Waals surface area contributed by atoms with Gasteiger partial charge in [-0.1, -0.05) is 44.2 Å². The zero-order chi connectivity index (χ0) is 12.9. The third-order valence-corrected chi connectivity index (χ3v) is 3.50. The van der Waals surface area contributed by atoms with Crippen molar-refractivity contribution in [2.45, 2.75) is 32.2 Å². The molecule has 1 rings (SSSR count). The average Bonchev–Trinajstić information content (AvgIpc) is 2.23. The van der Waals surface area contributed by atoms with Crippen LogP contribution in [-0.2, 0) is 16.7 Å². The first-order valence-corrected chi connectivity index (χ1v) is 7.13. The molecule has 5 heteroatoms. The first kappa shape index (κ1) is 14.2. The van der Waals surface area contributed by atoms with Crippen LogP contribution in [-0.4, -0.2) is 18.3 Å². The maximum atomic E-state index is 11.2. The first-order valence-electron chi connectivity index (χ1n) is 5.63. The molecule has 0 saturated carbocycles. The molecule has 1 aromatic rings. The summed E-state index contributed by atoms with van der Waals surface area (Å²) < 4.78 is 31.5. The minimum Gasteiger partial charge on any atom is -0.295 e. The fourth-order valence-electron chi connectivity index (χ4n) is 1.57. The summed E-state index contributed by atoms with van der Waals surface area (Å²) >= 11 is 0. The maximum absolute atomic E-state index is 11.2. The van der Waals surface area contributed by atoms with Crippen molar-refractivity contribution in [1.82, 2.24) is 5.32 Å². The van der Waals surface area contributed by atoms with Crippen molar-refractivity contribution in [2.24, 2.45) is 5.92 Å². The lowest BCUT2D eigenvalue weighted by molar-refractivity contribution is 0.418. The molecule has 0 heterocycles. The van der Waals surface area contributed by atoms with E-state index >= 15 is 0 Å². The molecule has 0 saturated heterocycles. The third-order valence-electron chi connectivity index (χ3n) is 2.42. The third kappa shape index (κ3) is 5.30. The van der Waals surface area contributed by atoms with Gasteiger partial charge in [0.2, 0.25) is 0 Å². The molecule has 4 nitrogen and oxygen atoms in total. The molecule has 0 spiro atoms. The van der Waals surface area contributed by atoms with Gasteiger partial charge in [0, 0.05) is 6.54 Å². The molecule has 1 unspecified atom stereocenters. The molecule has 2 N–H and O–H groups in total. The normalized spacial score (nSPS) is 13.9. The molecule has 0 bridgehead atoms. The Morgan fingerprint density at radius 2 is 1.82 bits per heavy atom. The van der Waals surface area contributed by atoms with Crippen LogP contribution in [0.5, 0.6) is 0 Å². The Hall–Kier alpha value is -0.910. The highest BCUT2D eigenvalue weighted by atomic mass is 32.2. The molecule has 1 aromatic carbocycles. The van der Waals surface area contributed by atoms with Crippen LogP contribution in [0.1, 0.15) is 25.8 Å². The van der Waals surface area contributed by atoms with E-state index in [2.05, 4.69) is 5.32 Å². The van der Waals surface area contributed by atoms with Gasteiger partial charge < -0.3 is 0 Å². The van der Waals surface area contributed by atoms with E-state index in [1.165, 1.54) is 0 Å². The van der Waals surface area contributed by atoms with E-state index in [4.69, 9.17) is 4.55 Å². The summed E-state index contributed by atoms with van der Waals surface area (Å²) in [7, 11) is -4.04. The smallest absolute Gasteiger partial charge is 0.281 e. The topological polar surface area (TPSA) is 66.4 Å². The maximum Gasteiger partial charge on any atom is 0.281 e. The second-order valence-corrected chi connectivity index (χ2v) is 6.10. The zero-order valence-corrected chi connectivity index (χ0v) is 10.9. The van der Waals surface area contributed by atoms with E-state index < -0.39 is 15.5 Å². The minimum atomic E-state index is -4.04. The van der Waals surface area contributed by atoms with Gasteiger partial charge in [0.1, 0.15) is 5.37 Å². The minimum absolute atomic E-state index is 0.199. The first-order chi connectivity index (χ1) is 7.89. The van der Waals surface area contributed by atoms with Crippen LogP contribution in [0.2, 0.25) is 0 Å². The van der Waals surface area contributed by atoms with Gasteiger partial charge in [-0.3, -0.25) is 9.87 Å². The summed E-state index contributed by atoms with van der Waals surface area (Å²) in [5.74, 6) is 0.199. The average molecular weight is 257 g/mol. The molecule has 0 aliphatic heterocycles. The summed E-state index contributed by atoms with van der Waals surface area (Å²) in [6, 6.07) is 9.49. The number of benzene rings is 1. The molecular formula is C12H19NO3S. The standard InChI is InChI=1S/C12H19NO3S/c1-10(2)8-12(17(14,15)16)13-9-11-6-4-3-5-7-11/h3-7,10,12-13H,8-9H2,1-2H3,(H,14,15,16). The number of hydrogen-bond acceptors (Lipinski definition) is 3. The Balaban J connectivity index is 2.62. The second kappa shape index (κ2) is 6.14. The SMILES string of the molecule is CC(C)CC(NCc1ccccc1)S(=O)(=O)O. The van der Waals surface area contributed by atoms with E-state index in [-0.39, 0.29) is 5.92 Å². The van der Waals surface area contributed by atoms with Crippen LogP contribution in [0.25, 0.3) is 0 Å². The number of hydrogen-bond donors (Lipinski definition) is 2. The highest BCUT2D eigenvalue weighted by Crippen LogP contribution is 2.10. The lowest BCUT2D eigenvalue weighted by Crippen LogP contribution is -2.37. The fourth-order valence-corrected chi connectivity index (χ4v) is 2.49. The monoisotopic (exact) mass is 257 g/mol. The summed E-state index contributed by atoms with van der Waals surface area (Å²) in [5.41, 5.74) is 0.991. The Morgan fingerprint density at radius 3 is 2.29 bits per heavy atom. The molecule has 0 fully saturated rings. The van der Waals surface area contributed by atoms with E-state index in [1.807, 2.05) is 44.2 Å². The van der Waals surface area contributed by atoms with Gasteiger partial charge in [0.15, 0.2) is 0 Å². The van der Waals surface area contributed by atoms with E-state index in [0.29, 0.717) is 13.0 Å². The summed E-state index contributed by atoms with van der Waals surface area (Å²) in [4.78, 5) is 0. The molecule has 96 valence electrons. The van der Waals surface area contributed by atoms with Crippen molar-refractivity contribution >= 4 is 10.1 Å². The van der Waals surface area contributed by atoms with E-state index in [0.717, 1.165) is 5.56 Å². The molecule has 0 radical (unpaired) electrons. The van der Waals surface area contributed by atoms with Gasteiger partial charge in [-0.15, -0.1) is 0 Å². The molecule has 17 heavy (non-hydrogen) atoms. The summed E-state index contributed by atoms with van der Waals surface area (Å²) in [6.07, 6.45) is 0.395. The molecule has 0 aliphatic rings. The lowest BCUT2D eigenvalue weighted by Gasteiger charge is -2.17. The quantitative estimate of drug-likeness (QED) is 0.765. The van der Waals surface area contributed by atoms with Crippen molar-refractivity contribution < 1.29 is 13.0 Å². The predicted octanol–water partition coefficient (Wildman–Crippen LogP) is 2.04. The Kier molecular flexibility index (Phi) is 5.11. The van der Waals surface area contributed by atoms with Crippen molar-refractivity contribution in [3.8, 4) is 0 Å². The Bertz CT molecular complexity index is 428. The van der Waals surface area contributed by atoms with Gasteiger partial charge in [-0.05, 0) is 17.9 Å². The van der Waals surface area contributed by atoms with Crippen LogP contribution < -0.4 is 5.32 Å². The second-order valence-electron chi connectivity index (χ2n) is 4.50. The Morgan fingerprint density at radius 1 is 1.24 bits per heavy atom. The highest BCUT2D eigenvalue weighted by Gasteiger charge is 2.23. The number of rotatable bonds is 6. The fraction of sp³-hybridized carbons (Fsp3) is 0.500. The van der Waals surface area contributed by atoms with Gasteiger partial charge in [-0.2, -0.15) is 8.42 Å². The Labute approximate surface area is 103 Å². The van der Waals surface area contributed by atoms with Crippen molar-refractivity contribution in [3.05, 3.63) is 35.9 Å². The van der Waals surface area contributed by atoms with Gasteiger partial charge in [0.05, 0.1) is 0 Å². The molecule has 0 aliphatic carbocycles. The summed E-state index contributed by atoms with van der Waals surface area (Å²) in [6.45, 7) is 4.27. The number of nitrogens with one attached hydrogen (secondary N) is 1. The van der Waals surface area contributed by atoms with Crippen molar-refractivity contribution in [2.75, 3.05) is 0 Å². The van der Waals surface area contributed by atoms with Crippen LogP contribution in [0.3, 0.4) is 0 Å². The van der Waals surface area contributed by atoms with Gasteiger partial charge in [-0.25, -0.2) is 0 Å². The van der Waals surface area contributed by atoms with Crippen LogP contribution in [0, 0.1) is 5.92 Å². The molecular weight excluding hydrogens is 238 g/mol. The lowest BCUT2D eigenvalue weighted by atomic mass is 10.1. The molecule has 0 amide bonds. The van der Waals surface area contributed by atoms with Gasteiger partial charge >= 0.3 is 0 Å². The van der Waals surface area contributed by atoms with E-state index in [9.17, 15) is 8.42 Å². The molecule has 1 atom stereocenters. The highest BCUT2D eigenvalue weighted by molar-refractivity contribution is 7.86. The zero-order valence-electron chi connectivity index (χ0n) is 10.1. The van der Waals surface area contributed by atoms with Gasteiger partial charge in [0.25, 0.3) is 10.1 Å². The summed E-state index contributed by atoms with van der Waals surface area (Å²) in [5, 5.41) is 1.97. The van der Waals surface area contributed by atoms with Crippen LogP contribution >= 0.6 is 0 Å². The predicted molar refractivity (Wildman–Crippen MR) is 68.1 cm³/mol. The largest absolute Gasteiger partial charge is 0.295 e.